The molecule has 0 bridgehead atoms. The van der Waals surface area contributed by atoms with Crippen molar-refractivity contribution in [2.24, 2.45) is 0 Å². The summed E-state index contributed by atoms with van der Waals surface area (Å²) in [6.45, 7) is 0.0936. The number of carbonyl (C=O) groups excluding carboxylic acids is 2. The summed E-state index contributed by atoms with van der Waals surface area (Å²) in [6.07, 6.45) is 0. The molecule has 1 atom stereocenters. The topological polar surface area (TPSA) is 58.6 Å². The highest BCUT2D eigenvalue weighted by Crippen LogP contribution is 2.20. The normalized spacial score (nSPS) is 19.6. The zero-order valence-corrected chi connectivity index (χ0v) is 9.14. The Kier molecular flexibility index (Phi) is 3.06. The SMILES string of the molecule is COCC1NC(=O)N(c2cccc(F)c2)C1=O. The summed E-state index contributed by atoms with van der Waals surface area (Å²) < 4.78 is 17.8. The maximum absolute atomic E-state index is 13.0. The number of halogens is 1. The summed E-state index contributed by atoms with van der Waals surface area (Å²) in [5, 5.41) is 2.46. The monoisotopic (exact) mass is 238 g/mol. The van der Waals surface area contributed by atoms with Crippen LogP contribution in [0.5, 0.6) is 0 Å². The number of amides is 3. The van der Waals surface area contributed by atoms with Crippen LogP contribution in [0.15, 0.2) is 24.3 Å². The summed E-state index contributed by atoms with van der Waals surface area (Å²) in [7, 11) is 1.43. The number of methoxy groups -OCH3 is 1. The van der Waals surface area contributed by atoms with Crippen molar-refractivity contribution in [3.05, 3.63) is 30.1 Å². The van der Waals surface area contributed by atoms with E-state index in [0.29, 0.717) is 0 Å². The van der Waals surface area contributed by atoms with E-state index in [-0.39, 0.29) is 12.3 Å². The third-order valence-electron chi connectivity index (χ3n) is 2.42. The molecule has 6 heteroatoms. The third kappa shape index (κ3) is 2.12. The maximum atomic E-state index is 13.0. The molecule has 1 saturated heterocycles. The van der Waals surface area contributed by atoms with Gasteiger partial charge in [-0.2, -0.15) is 0 Å². The lowest BCUT2D eigenvalue weighted by atomic mass is 10.2. The number of benzene rings is 1. The van der Waals surface area contributed by atoms with Crippen LogP contribution in [0.1, 0.15) is 0 Å². The number of hydrogen-bond acceptors (Lipinski definition) is 3. The molecule has 3 amide bonds. The van der Waals surface area contributed by atoms with Gasteiger partial charge in [0.25, 0.3) is 5.91 Å². The van der Waals surface area contributed by atoms with Gasteiger partial charge in [0.2, 0.25) is 0 Å². The van der Waals surface area contributed by atoms with E-state index in [1.54, 1.807) is 0 Å². The Bertz CT molecular complexity index is 464. The molecule has 2 rings (SSSR count). The van der Waals surface area contributed by atoms with Gasteiger partial charge in [0.1, 0.15) is 11.9 Å². The van der Waals surface area contributed by atoms with E-state index in [4.69, 9.17) is 4.74 Å². The van der Waals surface area contributed by atoms with Crippen LogP contribution >= 0.6 is 0 Å². The lowest BCUT2D eigenvalue weighted by Crippen LogP contribution is -2.34. The Labute approximate surface area is 97.2 Å². The van der Waals surface area contributed by atoms with Crippen molar-refractivity contribution in [2.45, 2.75) is 6.04 Å². The third-order valence-corrected chi connectivity index (χ3v) is 2.42. The molecule has 1 heterocycles. The predicted octanol–water partition coefficient (Wildman–Crippen LogP) is 0.897. The van der Waals surface area contributed by atoms with Crippen molar-refractivity contribution in [1.82, 2.24) is 5.32 Å². The minimum Gasteiger partial charge on any atom is -0.382 e. The molecular formula is C11H11FN2O3. The van der Waals surface area contributed by atoms with Gasteiger partial charge in [-0.3, -0.25) is 4.79 Å². The lowest BCUT2D eigenvalue weighted by molar-refractivity contribution is -0.119. The predicted molar refractivity (Wildman–Crippen MR) is 58.1 cm³/mol. The molecule has 1 aliphatic rings. The smallest absolute Gasteiger partial charge is 0.329 e. The highest BCUT2D eigenvalue weighted by molar-refractivity contribution is 6.21. The molecular weight excluding hydrogens is 227 g/mol. The number of nitrogens with one attached hydrogen (secondary N) is 1. The van der Waals surface area contributed by atoms with Crippen molar-refractivity contribution < 1.29 is 18.7 Å². The van der Waals surface area contributed by atoms with Gasteiger partial charge >= 0.3 is 6.03 Å². The van der Waals surface area contributed by atoms with Gasteiger partial charge < -0.3 is 10.1 Å². The molecule has 1 unspecified atom stereocenters. The first kappa shape index (κ1) is 11.5. The first-order chi connectivity index (χ1) is 8.13. The molecule has 0 radical (unpaired) electrons. The largest absolute Gasteiger partial charge is 0.382 e. The van der Waals surface area contributed by atoms with Crippen LogP contribution in [0.25, 0.3) is 0 Å². The van der Waals surface area contributed by atoms with Gasteiger partial charge in [-0.25, -0.2) is 14.1 Å². The quantitative estimate of drug-likeness (QED) is 0.796. The van der Waals surface area contributed by atoms with Crippen molar-refractivity contribution in [1.29, 1.82) is 0 Å². The van der Waals surface area contributed by atoms with Crippen LogP contribution in [-0.4, -0.2) is 31.7 Å². The molecule has 90 valence electrons. The Hall–Kier alpha value is -1.95. The molecule has 0 aliphatic carbocycles. The fourth-order valence-corrected chi connectivity index (χ4v) is 1.67. The second-order valence-electron chi connectivity index (χ2n) is 3.61. The minimum absolute atomic E-state index is 0.0936. The van der Waals surface area contributed by atoms with Crippen LogP contribution in [0.2, 0.25) is 0 Å². The van der Waals surface area contributed by atoms with Gasteiger partial charge in [-0.15, -0.1) is 0 Å². The summed E-state index contributed by atoms with van der Waals surface area (Å²) in [4.78, 5) is 24.4. The van der Waals surface area contributed by atoms with Crippen LogP contribution in [0.3, 0.4) is 0 Å². The standard InChI is InChI=1S/C11H11FN2O3/c1-17-6-9-10(15)14(11(16)13-9)8-4-2-3-7(12)5-8/h2-5,9H,6H2,1H3,(H,13,16). The van der Waals surface area contributed by atoms with Crippen LogP contribution in [0.4, 0.5) is 14.9 Å². The number of carbonyl (C=O) groups is 2. The fourth-order valence-electron chi connectivity index (χ4n) is 1.67. The average molecular weight is 238 g/mol. The molecule has 5 nitrogen and oxygen atoms in total. The van der Waals surface area contributed by atoms with Gasteiger partial charge in [-0.05, 0) is 18.2 Å². The molecule has 1 fully saturated rings. The van der Waals surface area contributed by atoms with Gasteiger partial charge in [0, 0.05) is 7.11 Å². The fraction of sp³-hybridized carbons (Fsp3) is 0.273. The molecule has 0 saturated carbocycles. The van der Waals surface area contributed by atoms with E-state index in [2.05, 4.69) is 5.32 Å². The number of hydrogen-bond donors (Lipinski definition) is 1. The summed E-state index contributed by atoms with van der Waals surface area (Å²) >= 11 is 0. The molecule has 0 aromatic heterocycles. The Morgan fingerprint density at radius 2 is 2.24 bits per heavy atom. The van der Waals surface area contributed by atoms with E-state index < -0.39 is 23.8 Å². The number of imide groups is 1. The van der Waals surface area contributed by atoms with Crippen molar-refractivity contribution in [2.75, 3.05) is 18.6 Å². The highest BCUT2D eigenvalue weighted by Gasteiger charge is 2.38. The summed E-state index contributed by atoms with van der Waals surface area (Å²) in [6, 6.07) is 4.03. The average Bonchev–Trinajstić information content (AvgIpc) is 2.55. The van der Waals surface area contributed by atoms with Gasteiger partial charge in [0.05, 0.1) is 12.3 Å². The van der Waals surface area contributed by atoms with E-state index >= 15 is 0 Å². The molecule has 1 aliphatic heterocycles. The maximum Gasteiger partial charge on any atom is 0.329 e. The molecule has 1 N–H and O–H groups in total. The van der Waals surface area contributed by atoms with Crippen LogP contribution < -0.4 is 10.2 Å². The van der Waals surface area contributed by atoms with E-state index in [1.807, 2.05) is 0 Å². The van der Waals surface area contributed by atoms with E-state index in [9.17, 15) is 14.0 Å². The second-order valence-corrected chi connectivity index (χ2v) is 3.61. The van der Waals surface area contributed by atoms with Crippen molar-refractivity contribution in [3.8, 4) is 0 Å². The molecule has 17 heavy (non-hydrogen) atoms. The molecule has 1 aromatic rings. The van der Waals surface area contributed by atoms with E-state index in [0.717, 1.165) is 11.0 Å². The minimum atomic E-state index is -0.712. The van der Waals surface area contributed by atoms with Crippen LogP contribution in [0, 0.1) is 5.82 Å². The first-order valence-corrected chi connectivity index (χ1v) is 5.02. The number of urea groups is 1. The lowest BCUT2D eigenvalue weighted by Gasteiger charge is -2.12. The van der Waals surface area contributed by atoms with Gasteiger partial charge in [0.15, 0.2) is 0 Å². The molecule has 0 spiro atoms. The van der Waals surface area contributed by atoms with E-state index in [1.165, 1.54) is 25.3 Å². The van der Waals surface area contributed by atoms with Gasteiger partial charge in [-0.1, -0.05) is 6.07 Å². The number of ether oxygens (including phenoxy) is 1. The number of rotatable bonds is 3. The second kappa shape index (κ2) is 4.50. The zero-order valence-electron chi connectivity index (χ0n) is 9.14. The molecule has 1 aromatic carbocycles. The highest BCUT2D eigenvalue weighted by atomic mass is 19.1. The summed E-state index contributed by atoms with van der Waals surface area (Å²) in [5.41, 5.74) is 0.214. The Morgan fingerprint density at radius 3 is 2.88 bits per heavy atom. The number of nitrogens with zero attached hydrogens (tertiary/aromatic N) is 1. The zero-order chi connectivity index (χ0) is 12.4. The summed E-state index contributed by atoms with van der Waals surface area (Å²) in [5.74, 6) is -0.944. The van der Waals surface area contributed by atoms with Crippen LogP contribution in [-0.2, 0) is 9.53 Å². The first-order valence-electron chi connectivity index (χ1n) is 5.02. The van der Waals surface area contributed by atoms with Crippen molar-refractivity contribution >= 4 is 17.6 Å². The Morgan fingerprint density at radius 1 is 1.47 bits per heavy atom. The Balaban J connectivity index is 2.27. The van der Waals surface area contributed by atoms with Crippen molar-refractivity contribution in [3.63, 3.8) is 0 Å². The number of anilines is 1.